The molecule has 2 saturated carbocycles. The second-order valence-corrected chi connectivity index (χ2v) is 7.22. The van der Waals surface area contributed by atoms with E-state index in [9.17, 15) is 4.79 Å². The topological polar surface area (TPSA) is 17.1 Å². The van der Waals surface area contributed by atoms with E-state index < -0.39 is 0 Å². The van der Waals surface area contributed by atoms with E-state index in [0.29, 0.717) is 6.42 Å². The molecule has 0 aliphatic heterocycles. The quantitative estimate of drug-likeness (QED) is 0.669. The molecule has 1 heteroatoms. The molecule has 0 amide bonds. The van der Waals surface area contributed by atoms with Crippen LogP contribution in [-0.2, 0) is 4.79 Å². The molecule has 4 aliphatic carbocycles. The van der Waals surface area contributed by atoms with Crippen LogP contribution in [-0.4, -0.2) is 6.29 Å². The Kier molecular flexibility index (Phi) is 2.98. The van der Waals surface area contributed by atoms with Gasteiger partial charge in [-0.15, -0.1) is 0 Å². The molecule has 0 radical (unpaired) electrons. The van der Waals surface area contributed by atoms with Crippen molar-refractivity contribution in [3.8, 4) is 0 Å². The lowest BCUT2D eigenvalue weighted by atomic mass is 9.56. The fourth-order valence-corrected chi connectivity index (χ4v) is 5.43. The molecular formula is C19H24O. The summed E-state index contributed by atoms with van der Waals surface area (Å²) >= 11 is 0. The molecule has 1 unspecified atom stereocenters. The van der Waals surface area contributed by atoms with Gasteiger partial charge < -0.3 is 4.79 Å². The van der Waals surface area contributed by atoms with Gasteiger partial charge in [0.15, 0.2) is 0 Å². The summed E-state index contributed by atoms with van der Waals surface area (Å²) in [7, 11) is 0. The summed E-state index contributed by atoms with van der Waals surface area (Å²) in [6.07, 6.45) is 20.6. The maximum absolute atomic E-state index is 11.1. The molecule has 0 aromatic carbocycles. The van der Waals surface area contributed by atoms with E-state index in [1.54, 1.807) is 5.57 Å². The second-order valence-electron chi connectivity index (χ2n) is 7.22. The summed E-state index contributed by atoms with van der Waals surface area (Å²) in [4.78, 5) is 11.1. The first-order valence-electron chi connectivity index (χ1n) is 8.38. The van der Waals surface area contributed by atoms with Gasteiger partial charge in [0.2, 0.25) is 0 Å². The average Bonchev–Trinajstić information content (AvgIpc) is 2.91. The van der Waals surface area contributed by atoms with Crippen LogP contribution in [0.3, 0.4) is 0 Å². The van der Waals surface area contributed by atoms with Gasteiger partial charge in [0.1, 0.15) is 6.29 Å². The van der Waals surface area contributed by atoms with E-state index in [0.717, 1.165) is 24.0 Å². The lowest BCUT2D eigenvalue weighted by Gasteiger charge is -2.48. The molecule has 0 saturated heterocycles. The van der Waals surface area contributed by atoms with Gasteiger partial charge in [0, 0.05) is 11.8 Å². The maximum Gasteiger partial charge on any atom is 0.121 e. The third kappa shape index (κ3) is 1.71. The van der Waals surface area contributed by atoms with E-state index in [1.807, 2.05) is 0 Å². The van der Waals surface area contributed by atoms with Gasteiger partial charge in [0.25, 0.3) is 0 Å². The van der Waals surface area contributed by atoms with Crippen molar-refractivity contribution in [2.75, 3.05) is 0 Å². The van der Waals surface area contributed by atoms with Crippen molar-refractivity contribution >= 4 is 6.29 Å². The summed E-state index contributed by atoms with van der Waals surface area (Å²) in [5.74, 6) is 2.67. The van der Waals surface area contributed by atoms with E-state index in [2.05, 4.69) is 24.3 Å². The third-order valence-electron chi connectivity index (χ3n) is 6.40. The van der Waals surface area contributed by atoms with Crippen LogP contribution >= 0.6 is 0 Å². The number of fused-ring (bicyclic) bond motifs is 5. The SMILES string of the molecule is O=CC[C@@]12C=CC=C1C1=CCC3CCCC[C@@H]3[C@H]1CC2. The maximum atomic E-state index is 11.1. The van der Waals surface area contributed by atoms with Crippen LogP contribution in [0, 0.1) is 23.2 Å². The fourth-order valence-electron chi connectivity index (χ4n) is 5.43. The van der Waals surface area contributed by atoms with Crippen LogP contribution in [0.1, 0.15) is 51.4 Å². The number of rotatable bonds is 2. The molecular weight excluding hydrogens is 244 g/mol. The van der Waals surface area contributed by atoms with Crippen LogP contribution in [0.2, 0.25) is 0 Å². The van der Waals surface area contributed by atoms with E-state index in [-0.39, 0.29) is 5.41 Å². The van der Waals surface area contributed by atoms with Gasteiger partial charge in [0.05, 0.1) is 0 Å². The monoisotopic (exact) mass is 268 g/mol. The highest BCUT2D eigenvalue weighted by Gasteiger charge is 2.46. The first-order chi connectivity index (χ1) is 9.84. The zero-order chi connectivity index (χ0) is 13.6. The Morgan fingerprint density at radius 1 is 1.25 bits per heavy atom. The summed E-state index contributed by atoms with van der Waals surface area (Å²) in [6, 6.07) is 0. The van der Waals surface area contributed by atoms with E-state index >= 15 is 0 Å². The van der Waals surface area contributed by atoms with Crippen molar-refractivity contribution in [2.45, 2.75) is 51.4 Å². The van der Waals surface area contributed by atoms with Crippen molar-refractivity contribution < 1.29 is 4.79 Å². The number of hydrogen-bond acceptors (Lipinski definition) is 1. The van der Waals surface area contributed by atoms with Crippen LogP contribution in [0.5, 0.6) is 0 Å². The van der Waals surface area contributed by atoms with Crippen molar-refractivity contribution in [2.24, 2.45) is 23.2 Å². The van der Waals surface area contributed by atoms with Crippen molar-refractivity contribution in [3.05, 3.63) is 35.5 Å². The predicted molar refractivity (Wildman–Crippen MR) is 81.2 cm³/mol. The molecule has 0 spiro atoms. The lowest BCUT2D eigenvalue weighted by Crippen LogP contribution is -2.38. The lowest BCUT2D eigenvalue weighted by molar-refractivity contribution is -0.109. The highest BCUT2D eigenvalue weighted by atomic mass is 16.1. The Morgan fingerprint density at radius 2 is 2.15 bits per heavy atom. The molecule has 0 aromatic rings. The van der Waals surface area contributed by atoms with Crippen molar-refractivity contribution in [1.29, 1.82) is 0 Å². The Balaban J connectivity index is 1.69. The summed E-state index contributed by atoms with van der Waals surface area (Å²) in [5, 5.41) is 0. The van der Waals surface area contributed by atoms with Gasteiger partial charge in [-0.3, -0.25) is 0 Å². The van der Waals surface area contributed by atoms with Gasteiger partial charge in [-0.2, -0.15) is 0 Å². The molecule has 0 aromatic heterocycles. The minimum Gasteiger partial charge on any atom is -0.303 e. The molecule has 1 nitrogen and oxygen atoms in total. The first kappa shape index (κ1) is 12.6. The Hall–Kier alpha value is -1.11. The number of hydrogen-bond donors (Lipinski definition) is 0. The molecule has 0 heterocycles. The first-order valence-corrected chi connectivity index (χ1v) is 8.38. The number of carbonyl (C=O) groups is 1. The highest BCUT2D eigenvalue weighted by Crippen LogP contribution is 2.57. The van der Waals surface area contributed by atoms with Gasteiger partial charge in [-0.25, -0.2) is 0 Å². The minimum atomic E-state index is 0.0611. The van der Waals surface area contributed by atoms with Gasteiger partial charge in [-0.1, -0.05) is 37.1 Å². The Labute approximate surface area is 121 Å². The Bertz CT molecular complexity index is 510. The number of allylic oxidation sites excluding steroid dienone is 6. The molecule has 4 rings (SSSR count). The van der Waals surface area contributed by atoms with Crippen molar-refractivity contribution in [3.63, 3.8) is 0 Å². The molecule has 4 aliphatic rings. The average molecular weight is 268 g/mol. The van der Waals surface area contributed by atoms with Crippen molar-refractivity contribution in [1.82, 2.24) is 0 Å². The normalized spacial score (nSPS) is 42.1. The van der Waals surface area contributed by atoms with Crippen LogP contribution in [0.15, 0.2) is 35.5 Å². The number of carbonyl (C=O) groups excluding carboxylic acids is 1. The zero-order valence-corrected chi connectivity index (χ0v) is 12.2. The fraction of sp³-hybridized carbons (Fsp3) is 0.632. The molecule has 20 heavy (non-hydrogen) atoms. The second kappa shape index (κ2) is 4.72. The number of aldehydes is 1. The smallest absolute Gasteiger partial charge is 0.121 e. The predicted octanol–water partition coefficient (Wildman–Crippen LogP) is 4.60. The molecule has 2 fully saturated rings. The Morgan fingerprint density at radius 3 is 3.05 bits per heavy atom. The minimum absolute atomic E-state index is 0.0611. The molecule has 106 valence electrons. The third-order valence-corrected chi connectivity index (χ3v) is 6.40. The van der Waals surface area contributed by atoms with Crippen LogP contribution in [0.4, 0.5) is 0 Å². The molecule has 4 atom stereocenters. The van der Waals surface area contributed by atoms with Crippen LogP contribution in [0.25, 0.3) is 0 Å². The van der Waals surface area contributed by atoms with Gasteiger partial charge in [-0.05, 0) is 61.0 Å². The van der Waals surface area contributed by atoms with E-state index in [1.165, 1.54) is 50.5 Å². The molecule has 0 bridgehead atoms. The summed E-state index contributed by atoms with van der Waals surface area (Å²) < 4.78 is 0. The van der Waals surface area contributed by atoms with Crippen LogP contribution < -0.4 is 0 Å². The summed E-state index contributed by atoms with van der Waals surface area (Å²) in [5.41, 5.74) is 3.17. The largest absolute Gasteiger partial charge is 0.303 e. The zero-order valence-electron chi connectivity index (χ0n) is 12.2. The van der Waals surface area contributed by atoms with Gasteiger partial charge >= 0.3 is 0 Å². The highest BCUT2D eigenvalue weighted by molar-refractivity contribution is 5.60. The standard InChI is InChI=1S/C19H24O/c20-13-12-19-10-3-6-18(19)17-8-7-14-4-1-2-5-15(14)16(17)9-11-19/h3,6,8,10,13-16H,1-2,4-5,7,9,11-12H2/t14?,15-,16+,19-/m0/s1. The molecule has 0 N–H and O–H groups in total. The summed E-state index contributed by atoms with van der Waals surface area (Å²) in [6.45, 7) is 0. The van der Waals surface area contributed by atoms with E-state index in [4.69, 9.17) is 0 Å².